The number of hydrogen-bond donors (Lipinski definition) is 3. The molecule has 0 fully saturated rings. The van der Waals surface area contributed by atoms with Crippen LogP contribution in [0.25, 0.3) is 10.1 Å². The van der Waals surface area contributed by atoms with Crippen LogP contribution in [0.5, 0.6) is 0 Å². The van der Waals surface area contributed by atoms with E-state index >= 15 is 0 Å². The topological polar surface area (TPSA) is 84.2 Å². The lowest BCUT2D eigenvalue weighted by molar-refractivity contribution is -0.122. The van der Waals surface area contributed by atoms with Crippen LogP contribution in [-0.4, -0.2) is 24.9 Å². The molecule has 20 heavy (non-hydrogen) atoms. The number of hydrogen-bond acceptors (Lipinski definition) is 4. The molecule has 1 atom stereocenters. The maximum Gasteiger partial charge on any atom is 0.264 e. The van der Waals surface area contributed by atoms with Crippen molar-refractivity contribution < 1.29 is 9.59 Å². The van der Waals surface area contributed by atoms with Crippen LogP contribution in [0.1, 0.15) is 22.2 Å². The minimum atomic E-state index is -0.598. The first-order valence-corrected chi connectivity index (χ1v) is 7.06. The predicted octanol–water partition coefficient (Wildman–Crippen LogP) is 1.66. The fourth-order valence-corrected chi connectivity index (χ4v) is 3.06. The van der Waals surface area contributed by atoms with Crippen LogP contribution in [0.4, 0.5) is 5.69 Å². The van der Waals surface area contributed by atoms with Crippen LogP contribution in [0, 0.1) is 6.92 Å². The van der Waals surface area contributed by atoms with Crippen molar-refractivity contribution in [3.63, 3.8) is 0 Å². The van der Waals surface area contributed by atoms with E-state index in [1.165, 1.54) is 18.4 Å². The third kappa shape index (κ3) is 2.60. The van der Waals surface area contributed by atoms with Gasteiger partial charge in [0.2, 0.25) is 5.91 Å². The molecule has 0 radical (unpaired) electrons. The van der Waals surface area contributed by atoms with Crippen molar-refractivity contribution in [1.29, 1.82) is 0 Å². The minimum Gasteiger partial charge on any atom is -0.397 e. The normalized spacial score (nSPS) is 12.2. The first kappa shape index (κ1) is 14.3. The number of thiophene rings is 1. The molecule has 0 spiro atoms. The molecule has 2 amide bonds. The summed E-state index contributed by atoms with van der Waals surface area (Å²) in [6, 6.07) is 5.27. The van der Waals surface area contributed by atoms with Gasteiger partial charge in [0.15, 0.2) is 0 Å². The molecule has 2 aromatic rings. The lowest BCUT2D eigenvalue weighted by Gasteiger charge is -2.11. The number of anilines is 1. The number of carbonyl (C=O) groups excluding carboxylic acids is 2. The second-order valence-electron chi connectivity index (χ2n) is 4.65. The van der Waals surface area contributed by atoms with Gasteiger partial charge in [-0.1, -0.05) is 12.1 Å². The van der Waals surface area contributed by atoms with E-state index in [1.807, 2.05) is 25.1 Å². The monoisotopic (exact) mass is 291 g/mol. The highest BCUT2D eigenvalue weighted by Crippen LogP contribution is 2.34. The van der Waals surface area contributed by atoms with Gasteiger partial charge in [0, 0.05) is 17.1 Å². The molecule has 1 aromatic heterocycles. The smallest absolute Gasteiger partial charge is 0.264 e. The van der Waals surface area contributed by atoms with Crippen molar-refractivity contribution in [2.75, 3.05) is 12.8 Å². The van der Waals surface area contributed by atoms with Gasteiger partial charge in [-0.25, -0.2) is 0 Å². The van der Waals surface area contributed by atoms with Gasteiger partial charge in [-0.15, -0.1) is 11.3 Å². The van der Waals surface area contributed by atoms with E-state index < -0.39 is 6.04 Å². The fraction of sp³-hybridized carbons (Fsp3) is 0.286. The lowest BCUT2D eigenvalue weighted by atomic mass is 10.1. The molecular formula is C14H17N3O2S. The van der Waals surface area contributed by atoms with Crippen LogP contribution < -0.4 is 16.4 Å². The second-order valence-corrected chi connectivity index (χ2v) is 5.71. The van der Waals surface area contributed by atoms with E-state index in [2.05, 4.69) is 10.6 Å². The molecule has 4 N–H and O–H groups in total. The summed E-state index contributed by atoms with van der Waals surface area (Å²) in [5.41, 5.74) is 7.60. The number of amides is 2. The molecular weight excluding hydrogens is 274 g/mol. The van der Waals surface area contributed by atoms with E-state index in [0.717, 1.165) is 15.6 Å². The minimum absolute atomic E-state index is 0.242. The van der Waals surface area contributed by atoms with E-state index in [9.17, 15) is 9.59 Å². The number of nitrogen functional groups attached to an aromatic ring is 1. The van der Waals surface area contributed by atoms with Gasteiger partial charge in [-0.2, -0.15) is 0 Å². The number of likely N-dealkylation sites (N-methyl/N-ethyl adjacent to an activating group) is 1. The molecule has 0 aliphatic heterocycles. The number of aryl methyl sites for hydroxylation is 1. The Kier molecular flexibility index (Phi) is 3.94. The van der Waals surface area contributed by atoms with Gasteiger partial charge < -0.3 is 16.4 Å². The third-order valence-electron chi connectivity index (χ3n) is 3.08. The molecule has 0 aliphatic carbocycles. The fourth-order valence-electron chi connectivity index (χ4n) is 1.94. The van der Waals surface area contributed by atoms with Gasteiger partial charge in [0.1, 0.15) is 10.9 Å². The zero-order valence-corrected chi connectivity index (χ0v) is 12.4. The Balaban J connectivity index is 2.31. The van der Waals surface area contributed by atoms with Gasteiger partial charge in [-0.3, -0.25) is 9.59 Å². The Labute approximate surface area is 121 Å². The van der Waals surface area contributed by atoms with Gasteiger partial charge in [0.05, 0.1) is 5.69 Å². The molecule has 0 aliphatic rings. The van der Waals surface area contributed by atoms with E-state index in [4.69, 9.17) is 5.73 Å². The predicted molar refractivity (Wildman–Crippen MR) is 82.0 cm³/mol. The summed E-state index contributed by atoms with van der Waals surface area (Å²) < 4.78 is 0.972. The Bertz CT molecular complexity index is 678. The van der Waals surface area contributed by atoms with Crippen LogP contribution in [0.15, 0.2) is 18.2 Å². The zero-order valence-electron chi connectivity index (χ0n) is 11.6. The summed E-state index contributed by atoms with van der Waals surface area (Å²) in [6.07, 6.45) is 0. The number of fused-ring (bicyclic) bond motifs is 1. The second kappa shape index (κ2) is 5.50. The number of benzene rings is 1. The standard InChI is InChI=1S/C14H17N3O2S/c1-7-4-5-9-10(6-7)20-12(11(9)15)14(19)17-8(2)13(18)16-3/h4-6,8H,15H2,1-3H3,(H,16,18)(H,17,19). The van der Waals surface area contributed by atoms with Gasteiger partial charge in [0.25, 0.3) is 5.91 Å². The number of carbonyl (C=O) groups is 2. The third-order valence-corrected chi connectivity index (χ3v) is 4.24. The van der Waals surface area contributed by atoms with Crippen molar-refractivity contribution in [3.8, 4) is 0 Å². The van der Waals surface area contributed by atoms with Crippen LogP contribution in [-0.2, 0) is 4.79 Å². The van der Waals surface area contributed by atoms with Crippen LogP contribution in [0.2, 0.25) is 0 Å². The number of nitrogens with two attached hydrogens (primary N) is 1. The summed E-state index contributed by atoms with van der Waals surface area (Å²) in [5.74, 6) is -0.564. The van der Waals surface area contributed by atoms with E-state index in [-0.39, 0.29) is 11.8 Å². The highest BCUT2D eigenvalue weighted by atomic mass is 32.1. The maximum atomic E-state index is 12.2. The van der Waals surface area contributed by atoms with Crippen LogP contribution >= 0.6 is 11.3 Å². The molecule has 106 valence electrons. The Morgan fingerprint density at radius 3 is 2.70 bits per heavy atom. The largest absolute Gasteiger partial charge is 0.397 e. The molecule has 6 heteroatoms. The average Bonchev–Trinajstić information content (AvgIpc) is 2.74. The summed E-state index contributed by atoms with van der Waals surface area (Å²) >= 11 is 1.34. The zero-order chi connectivity index (χ0) is 14.9. The SMILES string of the molecule is CNC(=O)C(C)NC(=O)c1sc2cc(C)ccc2c1N. The first-order chi connectivity index (χ1) is 9.43. The molecule has 1 heterocycles. The number of rotatable bonds is 3. The molecule has 0 saturated carbocycles. The molecule has 2 rings (SSSR count). The van der Waals surface area contributed by atoms with E-state index in [1.54, 1.807) is 6.92 Å². The molecule has 0 bridgehead atoms. The highest BCUT2D eigenvalue weighted by Gasteiger charge is 2.20. The summed E-state index contributed by atoms with van der Waals surface area (Å²) in [6.45, 7) is 3.62. The Morgan fingerprint density at radius 1 is 1.35 bits per heavy atom. The quantitative estimate of drug-likeness (QED) is 0.804. The average molecular weight is 291 g/mol. The van der Waals surface area contributed by atoms with E-state index in [0.29, 0.717) is 10.6 Å². The summed E-state index contributed by atoms with van der Waals surface area (Å²) in [7, 11) is 1.53. The van der Waals surface area contributed by atoms with Crippen molar-refractivity contribution in [1.82, 2.24) is 10.6 Å². The maximum absolute atomic E-state index is 12.2. The summed E-state index contributed by atoms with van der Waals surface area (Å²) in [5, 5.41) is 6.00. The summed E-state index contributed by atoms with van der Waals surface area (Å²) in [4.78, 5) is 24.1. The van der Waals surface area contributed by atoms with Crippen molar-refractivity contribution in [3.05, 3.63) is 28.6 Å². The van der Waals surface area contributed by atoms with Crippen LogP contribution in [0.3, 0.4) is 0 Å². The van der Waals surface area contributed by atoms with Crippen molar-refractivity contribution in [2.45, 2.75) is 19.9 Å². The molecule has 5 nitrogen and oxygen atoms in total. The molecule has 0 saturated heterocycles. The van der Waals surface area contributed by atoms with Gasteiger partial charge in [-0.05, 0) is 25.5 Å². The Hall–Kier alpha value is -2.08. The van der Waals surface area contributed by atoms with Crippen molar-refractivity contribution >= 4 is 38.9 Å². The van der Waals surface area contributed by atoms with Crippen molar-refractivity contribution in [2.24, 2.45) is 0 Å². The molecule has 1 unspecified atom stereocenters. The highest BCUT2D eigenvalue weighted by molar-refractivity contribution is 7.21. The first-order valence-electron chi connectivity index (χ1n) is 6.25. The van der Waals surface area contributed by atoms with Gasteiger partial charge >= 0.3 is 0 Å². The molecule has 1 aromatic carbocycles. The Morgan fingerprint density at radius 2 is 2.05 bits per heavy atom. The number of nitrogens with one attached hydrogen (secondary N) is 2. The lowest BCUT2D eigenvalue weighted by Crippen LogP contribution is -2.43.